The van der Waals surface area contributed by atoms with Crippen LogP contribution in [-0.4, -0.2) is 62.2 Å². The summed E-state index contributed by atoms with van der Waals surface area (Å²) in [5.74, 6) is 0. The topological polar surface area (TPSA) is 49.0 Å². The van der Waals surface area contributed by atoms with Gasteiger partial charge in [0.1, 0.15) is 11.2 Å². The number of hydrogen-bond acceptors (Lipinski definition) is 6. The molecule has 2 aromatic carbocycles. The average molecular weight is 533 g/mol. The average Bonchev–Trinajstić information content (AvgIpc) is 3.63. The molecule has 39 heavy (non-hydrogen) atoms. The predicted molar refractivity (Wildman–Crippen MR) is 156 cm³/mol. The van der Waals surface area contributed by atoms with Crippen LogP contribution in [0.3, 0.4) is 0 Å². The summed E-state index contributed by atoms with van der Waals surface area (Å²) in [6, 6.07) is 18.1. The highest BCUT2D eigenvalue weighted by Gasteiger charge is 2.50. The van der Waals surface area contributed by atoms with E-state index in [-0.39, 0.29) is 11.2 Å². The molecule has 6 nitrogen and oxygen atoms in total. The molecular weight excluding hydrogens is 484 g/mol. The molecule has 5 aliphatic rings. The first-order chi connectivity index (χ1) is 19.2. The van der Waals surface area contributed by atoms with Crippen molar-refractivity contribution in [3.8, 4) is 0 Å². The summed E-state index contributed by atoms with van der Waals surface area (Å²) in [4.78, 5) is 17.8. The molecule has 1 saturated carbocycles. The van der Waals surface area contributed by atoms with E-state index in [0.29, 0.717) is 0 Å². The lowest BCUT2D eigenvalue weighted by atomic mass is 9.82. The first-order valence-corrected chi connectivity index (χ1v) is 15.7. The van der Waals surface area contributed by atoms with Crippen LogP contribution >= 0.6 is 0 Å². The fourth-order valence-electron chi connectivity index (χ4n) is 7.12. The quantitative estimate of drug-likeness (QED) is 0.294. The lowest BCUT2D eigenvalue weighted by Crippen LogP contribution is -2.40. The molecule has 212 valence electrons. The maximum absolute atomic E-state index is 6.35. The third-order valence-corrected chi connectivity index (χ3v) is 9.68. The number of nitrogens with zero attached hydrogens (tertiary/aromatic N) is 2. The minimum atomic E-state index is -0.319. The van der Waals surface area contributed by atoms with E-state index in [1.54, 1.807) is 0 Å². The van der Waals surface area contributed by atoms with E-state index in [9.17, 15) is 0 Å². The van der Waals surface area contributed by atoms with E-state index < -0.39 is 0 Å². The van der Waals surface area contributed by atoms with Gasteiger partial charge in [-0.15, -0.1) is 0 Å². The molecule has 0 aromatic heterocycles. The number of benzene rings is 2. The van der Waals surface area contributed by atoms with E-state index in [4.69, 9.17) is 9.78 Å². The van der Waals surface area contributed by atoms with Gasteiger partial charge < -0.3 is 20.4 Å². The van der Waals surface area contributed by atoms with Crippen LogP contribution in [0.1, 0.15) is 80.0 Å². The Bertz CT molecular complexity index is 937. The molecule has 0 spiro atoms. The van der Waals surface area contributed by atoms with Gasteiger partial charge in [-0.2, -0.15) is 0 Å². The number of likely N-dealkylation sites (tertiary alicyclic amines) is 2. The summed E-state index contributed by atoms with van der Waals surface area (Å²) in [7, 11) is 0. The summed E-state index contributed by atoms with van der Waals surface area (Å²) >= 11 is 0. The van der Waals surface area contributed by atoms with Crippen LogP contribution in [0, 0.1) is 0 Å². The highest BCUT2D eigenvalue weighted by atomic mass is 17.2. The van der Waals surface area contributed by atoms with E-state index in [1.165, 1.54) is 74.1 Å². The van der Waals surface area contributed by atoms with Gasteiger partial charge in [0.25, 0.3) is 0 Å². The molecule has 2 N–H and O–H groups in total. The molecule has 6 heteroatoms. The lowest BCUT2D eigenvalue weighted by Gasteiger charge is -2.42. The van der Waals surface area contributed by atoms with E-state index in [0.717, 1.165) is 71.4 Å². The van der Waals surface area contributed by atoms with Gasteiger partial charge in [-0.05, 0) is 106 Å². The van der Waals surface area contributed by atoms with Gasteiger partial charge in [0, 0.05) is 39.3 Å². The van der Waals surface area contributed by atoms with Crippen molar-refractivity contribution in [3.63, 3.8) is 0 Å². The van der Waals surface area contributed by atoms with Crippen LogP contribution in [0.15, 0.2) is 48.5 Å². The Kier molecular flexibility index (Phi) is 8.98. The van der Waals surface area contributed by atoms with Gasteiger partial charge in [0.05, 0.1) is 0 Å². The molecule has 4 heterocycles. The predicted octanol–water partition coefficient (Wildman–Crippen LogP) is 5.07. The lowest BCUT2D eigenvalue weighted by molar-refractivity contribution is -0.444. The van der Waals surface area contributed by atoms with Crippen LogP contribution in [0.25, 0.3) is 0 Å². The summed E-state index contributed by atoms with van der Waals surface area (Å²) < 4.78 is 0. The normalized spacial score (nSPS) is 27.8. The second kappa shape index (κ2) is 12.8. The van der Waals surface area contributed by atoms with Crippen molar-refractivity contribution in [2.45, 2.75) is 82.1 Å². The van der Waals surface area contributed by atoms with Crippen molar-refractivity contribution in [1.82, 2.24) is 20.4 Å². The van der Waals surface area contributed by atoms with Crippen LogP contribution in [0.2, 0.25) is 0 Å². The molecule has 2 aromatic rings. The molecule has 1 aliphatic carbocycles. The molecule has 2 atom stereocenters. The van der Waals surface area contributed by atoms with Crippen molar-refractivity contribution in [2.75, 3.05) is 52.4 Å². The minimum absolute atomic E-state index is 0.319. The van der Waals surface area contributed by atoms with Gasteiger partial charge in [-0.1, -0.05) is 48.5 Å². The Morgan fingerprint density at radius 3 is 1.33 bits per heavy atom. The smallest absolute Gasteiger partial charge is 0.129 e. The van der Waals surface area contributed by atoms with Crippen molar-refractivity contribution < 1.29 is 9.78 Å². The zero-order chi connectivity index (χ0) is 26.4. The van der Waals surface area contributed by atoms with E-state index in [1.807, 2.05) is 0 Å². The first kappa shape index (κ1) is 27.4. The van der Waals surface area contributed by atoms with Crippen molar-refractivity contribution in [1.29, 1.82) is 0 Å². The summed E-state index contributed by atoms with van der Waals surface area (Å²) in [6.45, 7) is 11.3. The monoisotopic (exact) mass is 532 g/mol. The highest BCUT2D eigenvalue weighted by molar-refractivity contribution is 5.31. The molecule has 5 fully saturated rings. The Hall–Kier alpha value is -1.80. The Labute approximate surface area is 235 Å². The Morgan fingerprint density at radius 2 is 0.949 bits per heavy atom. The maximum Gasteiger partial charge on any atom is 0.129 e. The summed E-state index contributed by atoms with van der Waals surface area (Å²) in [5, 5.41) is 7.24. The van der Waals surface area contributed by atoms with Crippen LogP contribution in [-0.2, 0) is 34.1 Å². The second-order valence-corrected chi connectivity index (χ2v) is 12.4. The summed E-state index contributed by atoms with van der Waals surface area (Å²) in [5.41, 5.74) is 4.55. The first-order valence-electron chi connectivity index (χ1n) is 15.7. The number of rotatable bonds is 12. The molecule has 4 saturated heterocycles. The minimum Gasteiger partial charge on any atom is -0.311 e. The second-order valence-electron chi connectivity index (χ2n) is 12.4. The van der Waals surface area contributed by atoms with Crippen molar-refractivity contribution in [3.05, 3.63) is 70.8 Å². The van der Waals surface area contributed by atoms with Gasteiger partial charge >= 0.3 is 0 Å². The molecule has 4 aliphatic heterocycles. The van der Waals surface area contributed by atoms with Crippen molar-refractivity contribution >= 4 is 0 Å². The Morgan fingerprint density at radius 1 is 0.538 bits per heavy atom. The molecule has 0 radical (unpaired) electrons. The Balaban J connectivity index is 0.993. The van der Waals surface area contributed by atoms with E-state index >= 15 is 0 Å². The van der Waals surface area contributed by atoms with Crippen molar-refractivity contribution in [2.24, 2.45) is 0 Å². The largest absolute Gasteiger partial charge is 0.311 e. The van der Waals surface area contributed by atoms with Crippen LogP contribution < -0.4 is 10.6 Å². The van der Waals surface area contributed by atoms with Crippen LogP contribution in [0.4, 0.5) is 0 Å². The van der Waals surface area contributed by atoms with Crippen LogP contribution in [0.5, 0.6) is 0 Å². The van der Waals surface area contributed by atoms with Gasteiger partial charge in [-0.3, -0.25) is 0 Å². The molecule has 2 unspecified atom stereocenters. The van der Waals surface area contributed by atoms with E-state index in [2.05, 4.69) is 69.0 Å². The zero-order valence-electron chi connectivity index (χ0n) is 23.8. The molecule has 2 bridgehead atoms. The maximum atomic E-state index is 6.35. The van der Waals surface area contributed by atoms with Gasteiger partial charge in [0.2, 0.25) is 0 Å². The number of nitrogens with one attached hydrogen (secondary N) is 2. The molecule has 7 rings (SSSR count). The summed E-state index contributed by atoms with van der Waals surface area (Å²) in [6.07, 6.45) is 10.6. The zero-order valence-corrected chi connectivity index (χ0v) is 23.8. The van der Waals surface area contributed by atoms with Gasteiger partial charge in [0.15, 0.2) is 0 Å². The SMILES string of the molecule is c1cc(C23CCCC(c4ccc(CNCCN5CCCC5)cc4)(CC2)OO3)ccc1CNCCN1CCCC1. The number of hydrogen-bond donors (Lipinski definition) is 2. The fraction of sp³-hybridized carbons (Fsp3) is 0.636. The molecular formula is C33H48N4O2. The fourth-order valence-corrected chi connectivity index (χ4v) is 7.12. The highest BCUT2D eigenvalue weighted by Crippen LogP contribution is 2.53. The standard InChI is InChI=1S/C33H48N4O2/c1-2-21-36(20-1)24-18-34-26-28-6-10-30(11-7-28)32-14-5-15-33(17-16-32,39-38-32)31-12-8-29(9-13-31)27-35-19-25-37-22-3-4-23-37/h6-13,34-35H,1-5,14-27H2. The third kappa shape index (κ3) is 6.58. The van der Waals surface area contributed by atoms with Gasteiger partial charge in [-0.25, -0.2) is 9.78 Å². The third-order valence-electron chi connectivity index (χ3n) is 9.68. The molecule has 0 amide bonds. The number of fused-ring (bicyclic) bond motifs is 4.